The normalized spacial score (nSPS) is 20.9. The van der Waals surface area contributed by atoms with Crippen LogP contribution in [0, 0.1) is 5.92 Å². The van der Waals surface area contributed by atoms with Crippen LogP contribution in [-0.2, 0) is 21.0 Å². The first-order valence-electron chi connectivity index (χ1n) is 5.55. The molecule has 0 spiro atoms. The number of hydrogen-bond donors (Lipinski definition) is 1. The van der Waals surface area contributed by atoms with Gasteiger partial charge in [0.25, 0.3) is 10.0 Å². The number of hydrogen-bond acceptors (Lipinski definition) is 3. The summed E-state index contributed by atoms with van der Waals surface area (Å²) in [6, 6.07) is 2.76. The molecular formula is C11H8Cl2F3NO3S. The van der Waals surface area contributed by atoms with Crippen molar-refractivity contribution >= 4 is 39.1 Å². The molecule has 1 aliphatic carbocycles. The molecule has 1 amide bonds. The van der Waals surface area contributed by atoms with E-state index in [0.29, 0.717) is 12.1 Å². The molecule has 10 heteroatoms. The van der Waals surface area contributed by atoms with Gasteiger partial charge in [-0.3, -0.25) is 4.79 Å². The van der Waals surface area contributed by atoms with Gasteiger partial charge in [0.15, 0.2) is 0 Å². The zero-order chi connectivity index (χ0) is 16.1. The Hall–Kier alpha value is -0.990. The van der Waals surface area contributed by atoms with Gasteiger partial charge in [-0.05, 0) is 30.7 Å². The number of rotatable bonds is 3. The molecule has 1 fully saturated rings. The lowest BCUT2D eigenvalue weighted by molar-refractivity contribution is -0.137. The third-order valence-corrected chi connectivity index (χ3v) is 5.07. The van der Waals surface area contributed by atoms with Gasteiger partial charge in [0, 0.05) is 0 Å². The van der Waals surface area contributed by atoms with Crippen molar-refractivity contribution < 1.29 is 26.4 Å². The minimum atomic E-state index is -4.57. The lowest BCUT2D eigenvalue weighted by Gasteiger charge is -2.09. The minimum absolute atomic E-state index is 0.116. The number of benzene rings is 1. The molecule has 2 rings (SSSR count). The number of carbonyl (C=O) groups excluding carboxylic acids is 1. The molecule has 1 aliphatic rings. The third-order valence-electron chi connectivity index (χ3n) is 2.87. The lowest BCUT2D eigenvalue weighted by Crippen LogP contribution is -2.33. The van der Waals surface area contributed by atoms with E-state index >= 15 is 0 Å². The van der Waals surface area contributed by atoms with Gasteiger partial charge >= 0.3 is 6.18 Å². The van der Waals surface area contributed by atoms with Crippen LogP contribution >= 0.6 is 23.2 Å². The summed E-state index contributed by atoms with van der Waals surface area (Å²) in [6.07, 6.45) is -4.46. The van der Waals surface area contributed by atoms with Crippen LogP contribution in [0.1, 0.15) is 12.0 Å². The van der Waals surface area contributed by atoms with Gasteiger partial charge in [0.2, 0.25) is 5.91 Å². The lowest BCUT2D eigenvalue weighted by atomic mass is 10.2. The van der Waals surface area contributed by atoms with E-state index in [1.807, 2.05) is 0 Å². The number of halogens is 5. The van der Waals surface area contributed by atoms with Gasteiger partial charge in [0.05, 0.1) is 16.4 Å². The SMILES string of the molecule is O=C(NS(=O)(=O)c1ccc(C(F)(F)F)cc1)C1CC1(Cl)Cl. The molecule has 0 heterocycles. The molecule has 0 saturated heterocycles. The maximum absolute atomic E-state index is 12.4. The molecule has 1 N–H and O–H groups in total. The fourth-order valence-electron chi connectivity index (χ4n) is 1.58. The van der Waals surface area contributed by atoms with Crippen LogP contribution in [0.5, 0.6) is 0 Å². The van der Waals surface area contributed by atoms with Crippen LogP contribution in [0.15, 0.2) is 29.2 Å². The highest BCUT2D eigenvalue weighted by Crippen LogP contribution is 2.53. The Morgan fingerprint density at radius 3 is 2.10 bits per heavy atom. The van der Waals surface area contributed by atoms with Gasteiger partial charge in [-0.1, -0.05) is 0 Å². The maximum atomic E-state index is 12.4. The fraction of sp³-hybridized carbons (Fsp3) is 0.364. The number of nitrogens with one attached hydrogen (secondary N) is 1. The molecule has 116 valence electrons. The molecule has 21 heavy (non-hydrogen) atoms. The Bertz CT molecular complexity index is 671. The van der Waals surface area contributed by atoms with Crippen LogP contribution in [0.2, 0.25) is 0 Å². The van der Waals surface area contributed by atoms with Crippen molar-refractivity contribution in [2.24, 2.45) is 5.92 Å². The summed E-state index contributed by atoms with van der Waals surface area (Å²) in [7, 11) is -4.26. The van der Waals surface area contributed by atoms with Crippen molar-refractivity contribution in [3.63, 3.8) is 0 Å². The first-order chi connectivity index (χ1) is 9.43. The smallest absolute Gasteiger partial charge is 0.274 e. The monoisotopic (exact) mass is 361 g/mol. The van der Waals surface area contributed by atoms with Gasteiger partial charge < -0.3 is 0 Å². The Labute approximate surface area is 128 Å². The fourth-order valence-corrected chi connectivity index (χ4v) is 3.11. The Morgan fingerprint density at radius 2 is 1.71 bits per heavy atom. The van der Waals surface area contributed by atoms with Crippen molar-refractivity contribution in [2.45, 2.75) is 21.8 Å². The van der Waals surface area contributed by atoms with Crippen molar-refractivity contribution in [3.05, 3.63) is 29.8 Å². The van der Waals surface area contributed by atoms with E-state index < -0.39 is 42.8 Å². The predicted molar refractivity (Wildman–Crippen MR) is 69.3 cm³/mol. The van der Waals surface area contributed by atoms with E-state index in [9.17, 15) is 26.4 Å². The largest absolute Gasteiger partial charge is 0.416 e. The van der Waals surface area contributed by atoms with E-state index in [4.69, 9.17) is 23.2 Å². The summed E-state index contributed by atoms with van der Waals surface area (Å²) in [5, 5.41) is 0. The predicted octanol–water partition coefficient (Wildman–Crippen LogP) is 2.70. The average Bonchev–Trinajstić information content (AvgIpc) is 2.97. The molecule has 0 bridgehead atoms. The molecule has 0 aliphatic heterocycles. The number of carbonyl (C=O) groups is 1. The summed E-state index contributed by atoms with van der Waals surface area (Å²) >= 11 is 11.3. The highest BCUT2D eigenvalue weighted by Gasteiger charge is 2.57. The molecule has 1 unspecified atom stereocenters. The third kappa shape index (κ3) is 3.61. The van der Waals surface area contributed by atoms with Crippen molar-refractivity contribution in [1.29, 1.82) is 0 Å². The zero-order valence-electron chi connectivity index (χ0n) is 10.1. The van der Waals surface area contributed by atoms with E-state index in [-0.39, 0.29) is 6.42 Å². The summed E-state index contributed by atoms with van der Waals surface area (Å²) in [4.78, 5) is 11.1. The summed E-state index contributed by atoms with van der Waals surface area (Å²) < 4.78 is 61.3. The highest BCUT2D eigenvalue weighted by atomic mass is 35.5. The average molecular weight is 362 g/mol. The first-order valence-corrected chi connectivity index (χ1v) is 7.79. The summed E-state index contributed by atoms with van der Waals surface area (Å²) in [5.74, 6) is -1.75. The quantitative estimate of drug-likeness (QED) is 0.841. The molecule has 1 saturated carbocycles. The maximum Gasteiger partial charge on any atom is 0.416 e. The second kappa shape index (κ2) is 5.03. The van der Waals surface area contributed by atoms with Crippen LogP contribution in [0.3, 0.4) is 0 Å². The molecule has 4 nitrogen and oxygen atoms in total. The summed E-state index contributed by atoms with van der Waals surface area (Å²) in [6.45, 7) is 0. The van der Waals surface area contributed by atoms with E-state index in [0.717, 1.165) is 12.1 Å². The minimum Gasteiger partial charge on any atom is -0.274 e. The van der Waals surface area contributed by atoms with Crippen LogP contribution in [0.25, 0.3) is 0 Å². The molecule has 0 radical (unpaired) electrons. The van der Waals surface area contributed by atoms with Gasteiger partial charge in [-0.25, -0.2) is 13.1 Å². The zero-order valence-corrected chi connectivity index (χ0v) is 12.4. The molecule has 1 atom stereocenters. The van der Waals surface area contributed by atoms with Crippen molar-refractivity contribution in [2.75, 3.05) is 0 Å². The van der Waals surface area contributed by atoms with Gasteiger partial charge in [-0.15, -0.1) is 23.2 Å². The first kappa shape index (κ1) is 16.4. The van der Waals surface area contributed by atoms with Crippen molar-refractivity contribution in [3.8, 4) is 0 Å². The second-order valence-electron chi connectivity index (χ2n) is 4.51. The highest BCUT2D eigenvalue weighted by molar-refractivity contribution is 7.90. The standard InChI is InChI=1S/C11H8Cl2F3NO3S/c12-10(13)5-8(10)9(18)17-21(19,20)7-3-1-6(2-4-7)11(14,15)16/h1-4,8H,5H2,(H,17,18). The van der Waals surface area contributed by atoms with E-state index in [1.165, 1.54) is 0 Å². The number of amides is 1. The van der Waals surface area contributed by atoms with Crippen molar-refractivity contribution in [1.82, 2.24) is 4.72 Å². The Morgan fingerprint density at radius 1 is 1.24 bits per heavy atom. The van der Waals surface area contributed by atoms with E-state index in [1.54, 1.807) is 4.72 Å². The number of alkyl halides is 5. The van der Waals surface area contributed by atoms with Crippen LogP contribution < -0.4 is 4.72 Å². The number of sulfonamides is 1. The topological polar surface area (TPSA) is 63.2 Å². The van der Waals surface area contributed by atoms with E-state index in [2.05, 4.69) is 0 Å². The van der Waals surface area contributed by atoms with Gasteiger partial charge in [0.1, 0.15) is 4.33 Å². The van der Waals surface area contributed by atoms with Crippen LogP contribution in [0.4, 0.5) is 13.2 Å². The summed E-state index contributed by atoms with van der Waals surface area (Å²) in [5.41, 5.74) is -0.990. The van der Waals surface area contributed by atoms with Crippen LogP contribution in [-0.4, -0.2) is 18.7 Å². The molecule has 0 aromatic heterocycles. The van der Waals surface area contributed by atoms with Gasteiger partial charge in [-0.2, -0.15) is 13.2 Å². The second-order valence-corrected chi connectivity index (χ2v) is 7.73. The molecular weight excluding hydrogens is 354 g/mol. The molecule has 1 aromatic rings. The molecule has 1 aromatic carbocycles. The Balaban J connectivity index is 2.15. The Kier molecular flexibility index (Phi) is 3.92.